The number of halogens is 5. The summed E-state index contributed by atoms with van der Waals surface area (Å²) in [5, 5.41) is 0.0514. The van der Waals surface area contributed by atoms with Crippen LogP contribution in [0.5, 0.6) is 11.5 Å². The minimum absolute atomic E-state index is 0.0133. The monoisotopic (exact) mass is 910 g/mol. The van der Waals surface area contributed by atoms with Crippen LogP contribution >= 0.6 is 34.0 Å². The van der Waals surface area contributed by atoms with Crippen molar-refractivity contribution in [1.82, 2.24) is 0 Å². The Morgan fingerprint density at radius 2 is 1.24 bits per heavy atom. The highest BCUT2D eigenvalue weighted by Gasteiger charge is 2.81. The van der Waals surface area contributed by atoms with Crippen LogP contribution in [0.15, 0.2) is 70.9 Å². The Morgan fingerprint density at radius 1 is 0.629 bits per heavy atom. The molecule has 0 fully saturated rings. The van der Waals surface area contributed by atoms with Crippen molar-refractivity contribution in [2.75, 3.05) is 40.6 Å². The van der Waals surface area contributed by atoms with Crippen molar-refractivity contribution in [2.45, 2.75) is 95.8 Å². The number of furan rings is 1. The first-order valence-electron chi connectivity index (χ1n) is 20.5. The van der Waals surface area contributed by atoms with Crippen molar-refractivity contribution in [3.63, 3.8) is 0 Å². The molecule has 0 spiro atoms. The van der Waals surface area contributed by atoms with Gasteiger partial charge in [0, 0.05) is 72.3 Å². The van der Waals surface area contributed by atoms with Crippen molar-refractivity contribution >= 4 is 50.6 Å². The molecule has 330 valence electrons. The van der Waals surface area contributed by atoms with Crippen molar-refractivity contribution in [1.29, 1.82) is 0 Å². The molecule has 8 rings (SSSR count). The van der Waals surface area contributed by atoms with E-state index in [2.05, 4.69) is 20.8 Å². The first-order valence-corrected chi connectivity index (χ1v) is 22.9. The van der Waals surface area contributed by atoms with Crippen LogP contribution < -0.4 is 9.47 Å². The number of benzene rings is 2. The summed E-state index contributed by atoms with van der Waals surface area (Å²) in [6.45, 7) is 18.8. The smallest absolute Gasteiger partial charge is 0.362 e. The number of hydrogen-bond donors (Lipinski definition) is 0. The van der Waals surface area contributed by atoms with Crippen LogP contribution in [0.2, 0.25) is 0 Å². The SMILES string of the molecule is COCCOc1cc2oc(-c3ccc(C(C)(C)C)cc3)c(C34C(=C(F)C(F)(F)C3(F)F)c3cc(-c5ccc(C(C)(C)C)s5)sc3-c3sc(C(C)(C)C)cc34)c2cc1OCCOC. The van der Waals surface area contributed by atoms with Gasteiger partial charge in [0.05, 0.1) is 18.1 Å². The Bertz CT molecular complexity index is 2700. The number of ether oxygens (including phenoxy) is 4. The number of thiophene rings is 3. The summed E-state index contributed by atoms with van der Waals surface area (Å²) in [5.74, 6) is -12.2. The lowest BCUT2D eigenvalue weighted by atomic mass is 9.62. The van der Waals surface area contributed by atoms with Crippen LogP contribution in [0.1, 0.15) is 94.3 Å². The maximum Gasteiger partial charge on any atom is 0.362 e. The zero-order chi connectivity index (χ0) is 44.9. The molecule has 4 aromatic heterocycles. The van der Waals surface area contributed by atoms with Gasteiger partial charge < -0.3 is 23.4 Å². The lowest BCUT2D eigenvalue weighted by Crippen LogP contribution is -2.53. The predicted octanol–water partition coefficient (Wildman–Crippen LogP) is 14.8. The quantitative estimate of drug-likeness (QED) is 0.0957. The number of fused-ring (bicyclic) bond motifs is 7. The number of hydrogen-bond acceptors (Lipinski definition) is 8. The first-order chi connectivity index (χ1) is 29.0. The van der Waals surface area contributed by atoms with E-state index >= 15 is 22.0 Å². The molecule has 1 atom stereocenters. The Kier molecular flexibility index (Phi) is 11.0. The summed E-state index contributed by atoms with van der Waals surface area (Å²) >= 11 is 4.13. The molecule has 0 saturated carbocycles. The highest BCUT2D eigenvalue weighted by atomic mass is 32.1. The van der Waals surface area contributed by atoms with Crippen molar-refractivity contribution < 1.29 is 45.3 Å². The van der Waals surface area contributed by atoms with Gasteiger partial charge >= 0.3 is 11.8 Å². The second kappa shape index (κ2) is 15.3. The van der Waals surface area contributed by atoms with Crippen LogP contribution in [-0.2, 0) is 31.1 Å². The lowest BCUT2D eigenvalue weighted by molar-refractivity contribution is -0.202. The van der Waals surface area contributed by atoms with E-state index in [9.17, 15) is 0 Å². The minimum atomic E-state index is -5.21. The van der Waals surface area contributed by atoms with E-state index in [0.717, 1.165) is 15.3 Å². The molecule has 4 heterocycles. The van der Waals surface area contributed by atoms with Crippen molar-refractivity contribution in [3.8, 4) is 42.3 Å². The molecule has 2 aliphatic carbocycles. The highest BCUT2D eigenvalue weighted by Crippen LogP contribution is 2.74. The fourth-order valence-electron chi connectivity index (χ4n) is 8.34. The average Bonchev–Trinajstić information content (AvgIpc) is 4.02. The molecule has 2 aromatic carbocycles. The average molecular weight is 911 g/mol. The van der Waals surface area contributed by atoms with Crippen LogP contribution in [0.4, 0.5) is 22.0 Å². The number of methoxy groups -OCH3 is 2. The van der Waals surface area contributed by atoms with Gasteiger partial charge in [-0.05, 0) is 57.7 Å². The van der Waals surface area contributed by atoms with Gasteiger partial charge in [-0.3, -0.25) is 0 Å². The second-order valence-corrected chi connectivity index (χ2v) is 22.3. The number of alkyl halides is 4. The molecule has 0 saturated heterocycles. The van der Waals surface area contributed by atoms with Gasteiger partial charge in [0.1, 0.15) is 30.0 Å². The standard InChI is InChI=1S/C49H51F5O5S3/c1-44(2,3)27-14-12-26(13-15-27)40-38(28-22-32(57-20-18-55-10)33(25-31(28)59-40)58-21-19-56-11)47-30-24-37(46(7,8)9)62-42(30)41-29(39(47)43(50)48(51,52)49(47,53)54)23-35(61-41)34-16-17-36(60-34)45(4,5)6/h12-17,22-25H,18-21H2,1-11H3. The van der Waals surface area contributed by atoms with Gasteiger partial charge in [0.25, 0.3) is 0 Å². The molecule has 0 N–H and O–H groups in total. The van der Waals surface area contributed by atoms with E-state index in [0.29, 0.717) is 25.1 Å². The Balaban J connectivity index is 1.52. The molecule has 6 aromatic rings. The van der Waals surface area contributed by atoms with Gasteiger partial charge in [-0.15, -0.1) is 34.0 Å². The van der Waals surface area contributed by atoms with Crippen LogP contribution in [0, 0.1) is 0 Å². The topological polar surface area (TPSA) is 50.1 Å². The molecular weight excluding hydrogens is 860 g/mol. The summed E-state index contributed by atoms with van der Waals surface area (Å²) in [5.41, 5.74) is -3.87. The normalized spacial score (nSPS) is 18.3. The third-order valence-corrected chi connectivity index (χ3v) is 16.2. The van der Waals surface area contributed by atoms with Crippen LogP contribution in [0.3, 0.4) is 0 Å². The van der Waals surface area contributed by atoms with Crippen molar-refractivity contribution in [3.05, 3.63) is 98.5 Å². The van der Waals surface area contributed by atoms with E-state index in [1.54, 1.807) is 35.6 Å². The van der Waals surface area contributed by atoms with Crippen molar-refractivity contribution in [2.24, 2.45) is 0 Å². The zero-order valence-corrected chi connectivity index (χ0v) is 39.2. The molecule has 0 amide bonds. The number of allylic oxidation sites excluding steroid dienone is 2. The largest absolute Gasteiger partial charge is 0.487 e. The van der Waals surface area contributed by atoms with Crippen LogP contribution in [0.25, 0.3) is 47.4 Å². The first kappa shape index (κ1) is 44.6. The second-order valence-electron chi connectivity index (χ2n) is 19.1. The third-order valence-electron chi connectivity index (χ3n) is 11.6. The predicted molar refractivity (Wildman–Crippen MR) is 242 cm³/mol. The fraction of sp³-hybridized carbons (Fsp3) is 0.429. The van der Waals surface area contributed by atoms with E-state index in [4.69, 9.17) is 23.4 Å². The zero-order valence-electron chi connectivity index (χ0n) is 36.8. The molecule has 0 radical (unpaired) electrons. The van der Waals surface area contributed by atoms with Gasteiger partial charge in [0.15, 0.2) is 17.3 Å². The Labute approximate surface area is 371 Å². The minimum Gasteiger partial charge on any atom is -0.487 e. The summed E-state index contributed by atoms with van der Waals surface area (Å²) in [6.07, 6.45) is 0. The highest BCUT2D eigenvalue weighted by molar-refractivity contribution is 7.27. The summed E-state index contributed by atoms with van der Waals surface area (Å²) in [4.78, 5) is 4.13. The number of rotatable bonds is 11. The maximum absolute atomic E-state index is 18.2. The van der Waals surface area contributed by atoms with E-state index in [-0.39, 0.29) is 82.2 Å². The molecule has 2 aliphatic rings. The van der Waals surface area contributed by atoms with E-state index in [1.165, 1.54) is 49.0 Å². The van der Waals surface area contributed by atoms with Gasteiger partial charge in [-0.2, -0.15) is 17.6 Å². The van der Waals surface area contributed by atoms with Gasteiger partial charge in [0.2, 0.25) is 0 Å². The van der Waals surface area contributed by atoms with E-state index < -0.39 is 34.1 Å². The molecular formula is C49H51F5O5S3. The van der Waals surface area contributed by atoms with Crippen LogP contribution in [-0.4, -0.2) is 52.5 Å². The molecule has 62 heavy (non-hydrogen) atoms. The lowest BCUT2D eigenvalue weighted by Gasteiger charge is -2.41. The maximum atomic E-state index is 18.2. The summed E-state index contributed by atoms with van der Waals surface area (Å²) < 4.78 is 117. The molecule has 5 nitrogen and oxygen atoms in total. The Morgan fingerprint density at radius 3 is 1.81 bits per heavy atom. The van der Waals surface area contributed by atoms with Gasteiger partial charge in [-0.25, -0.2) is 4.39 Å². The molecule has 1 unspecified atom stereocenters. The summed E-state index contributed by atoms with van der Waals surface area (Å²) in [6, 6.07) is 17.4. The molecule has 13 heteroatoms. The van der Waals surface area contributed by atoms with Gasteiger partial charge in [-0.1, -0.05) is 86.6 Å². The third kappa shape index (κ3) is 6.87. The fourth-order valence-corrected chi connectivity index (χ4v) is 12.1. The summed E-state index contributed by atoms with van der Waals surface area (Å²) in [7, 11) is 3.04. The molecule has 0 aliphatic heterocycles. The Hall–Kier alpha value is -4.01. The molecule has 0 bridgehead atoms. The van der Waals surface area contributed by atoms with E-state index in [1.807, 2.05) is 65.8 Å².